The van der Waals surface area contributed by atoms with Gasteiger partial charge in [-0.05, 0) is 28.9 Å². The van der Waals surface area contributed by atoms with Crippen LogP contribution in [0.4, 0.5) is 0 Å². The normalized spacial score (nSPS) is 14.1. The summed E-state index contributed by atoms with van der Waals surface area (Å²) in [5.74, 6) is 1.21. The highest BCUT2D eigenvalue weighted by Gasteiger charge is 2.31. The number of allylic oxidation sites excluding steroid dienone is 1. The molecule has 0 saturated heterocycles. The number of ether oxygens (including phenoxy) is 2. The van der Waals surface area contributed by atoms with Crippen molar-refractivity contribution in [2.75, 3.05) is 20.8 Å². The van der Waals surface area contributed by atoms with Crippen LogP contribution < -0.4 is 9.47 Å². The summed E-state index contributed by atoms with van der Waals surface area (Å²) in [5.41, 5.74) is 1.63. The van der Waals surface area contributed by atoms with Crippen molar-refractivity contribution in [3.8, 4) is 11.5 Å². The first-order valence-electron chi connectivity index (χ1n) is 5.97. The van der Waals surface area contributed by atoms with Gasteiger partial charge in [0, 0.05) is 24.2 Å². The third-order valence-electron chi connectivity index (χ3n) is 3.14. The van der Waals surface area contributed by atoms with E-state index in [1.165, 1.54) is 0 Å². The molecule has 0 aromatic heterocycles. The maximum atomic E-state index is 12.3. The maximum Gasteiger partial charge on any atom is 0.254 e. The molecule has 0 N–H and O–H groups in total. The molecule has 1 aliphatic heterocycles. The fourth-order valence-electron chi connectivity index (χ4n) is 2.15. The third-order valence-corrected chi connectivity index (χ3v) is 3.98. The molecular formula is C14H16BrNO3. The van der Waals surface area contributed by atoms with Crippen LogP contribution in [0.1, 0.15) is 22.8 Å². The molecule has 4 nitrogen and oxygen atoms in total. The van der Waals surface area contributed by atoms with E-state index >= 15 is 0 Å². The topological polar surface area (TPSA) is 38.8 Å². The van der Waals surface area contributed by atoms with Crippen LogP contribution in [0.25, 0.3) is 0 Å². The van der Waals surface area contributed by atoms with Gasteiger partial charge in [0.1, 0.15) is 0 Å². The average molecular weight is 326 g/mol. The lowest BCUT2D eigenvalue weighted by molar-refractivity contribution is 0.0796. The lowest BCUT2D eigenvalue weighted by Gasteiger charge is -2.12. The van der Waals surface area contributed by atoms with Gasteiger partial charge in [0.15, 0.2) is 11.5 Å². The Labute approximate surface area is 121 Å². The highest BCUT2D eigenvalue weighted by molar-refractivity contribution is 9.10. The van der Waals surface area contributed by atoms with E-state index in [0.29, 0.717) is 30.2 Å². The van der Waals surface area contributed by atoms with E-state index in [1.54, 1.807) is 25.2 Å². The van der Waals surface area contributed by atoms with Crippen LogP contribution in [0.15, 0.2) is 22.7 Å². The van der Waals surface area contributed by atoms with Crippen LogP contribution in [-0.2, 0) is 6.54 Å². The molecule has 102 valence electrons. The average Bonchev–Trinajstić information content (AvgIpc) is 2.73. The zero-order valence-corrected chi connectivity index (χ0v) is 12.8. The van der Waals surface area contributed by atoms with E-state index in [9.17, 15) is 4.79 Å². The number of rotatable bonds is 4. The van der Waals surface area contributed by atoms with Crippen LogP contribution in [0.2, 0.25) is 0 Å². The van der Waals surface area contributed by atoms with Crippen molar-refractivity contribution in [3.05, 3.63) is 33.8 Å². The number of carbonyl (C=O) groups is 1. The summed E-state index contributed by atoms with van der Waals surface area (Å²) in [6.45, 7) is 3.14. The molecule has 1 aromatic rings. The molecule has 2 rings (SSSR count). The van der Waals surface area contributed by atoms with E-state index in [-0.39, 0.29) is 5.91 Å². The van der Waals surface area contributed by atoms with Gasteiger partial charge in [-0.15, -0.1) is 0 Å². The number of amides is 1. The predicted molar refractivity (Wildman–Crippen MR) is 76.8 cm³/mol. The number of hydrogen-bond donors (Lipinski definition) is 0. The lowest BCUT2D eigenvalue weighted by atomic mass is 10.1. The summed E-state index contributed by atoms with van der Waals surface area (Å²) in [4.78, 5) is 14.1. The van der Waals surface area contributed by atoms with Gasteiger partial charge in [0.05, 0.1) is 18.7 Å². The minimum Gasteiger partial charge on any atom is -0.493 e. The number of carbonyl (C=O) groups excluding carboxylic acids is 1. The highest BCUT2D eigenvalue weighted by atomic mass is 79.9. The van der Waals surface area contributed by atoms with Gasteiger partial charge in [-0.2, -0.15) is 0 Å². The minimum absolute atomic E-state index is 0.0229. The summed E-state index contributed by atoms with van der Waals surface area (Å²) >= 11 is 3.51. The van der Waals surface area contributed by atoms with Crippen molar-refractivity contribution in [3.63, 3.8) is 0 Å². The summed E-state index contributed by atoms with van der Waals surface area (Å²) < 4.78 is 11.4. The van der Waals surface area contributed by atoms with E-state index in [2.05, 4.69) is 15.9 Å². The number of benzene rings is 1. The van der Waals surface area contributed by atoms with Crippen molar-refractivity contribution >= 4 is 21.8 Å². The molecule has 19 heavy (non-hydrogen) atoms. The zero-order valence-electron chi connectivity index (χ0n) is 11.2. The molecule has 0 bridgehead atoms. The van der Waals surface area contributed by atoms with Gasteiger partial charge >= 0.3 is 0 Å². The predicted octanol–water partition coefficient (Wildman–Crippen LogP) is 3.00. The molecule has 0 atom stereocenters. The van der Waals surface area contributed by atoms with Gasteiger partial charge in [-0.25, -0.2) is 0 Å². The Morgan fingerprint density at radius 2 is 2.16 bits per heavy atom. The quantitative estimate of drug-likeness (QED) is 0.799. The zero-order chi connectivity index (χ0) is 14.0. The molecule has 0 saturated carbocycles. The number of methoxy groups -OCH3 is 2. The molecule has 0 aliphatic carbocycles. The van der Waals surface area contributed by atoms with Gasteiger partial charge < -0.3 is 14.4 Å². The Bertz CT molecular complexity index is 540. The van der Waals surface area contributed by atoms with E-state index in [0.717, 1.165) is 10.0 Å². The van der Waals surface area contributed by atoms with E-state index in [4.69, 9.17) is 9.47 Å². The van der Waals surface area contributed by atoms with Crippen molar-refractivity contribution in [2.24, 2.45) is 0 Å². The van der Waals surface area contributed by atoms with Crippen LogP contribution in [0.5, 0.6) is 11.5 Å². The molecule has 1 amide bonds. The molecule has 0 unspecified atom stereocenters. The second-order valence-electron chi connectivity index (χ2n) is 4.21. The molecular weight excluding hydrogens is 310 g/mol. The number of fused-ring (bicyclic) bond motifs is 1. The van der Waals surface area contributed by atoms with Gasteiger partial charge in [-0.3, -0.25) is 4.79 Å². The molecule has 1 heterocycles. The Hall–Kier alpha value is -1.49. The fourth-order valence-corrected chi connectivity index (χ4v) is 2.84. The Balaban J connectivity index is 2.45. The fraction of sp³-hybridized carbons (Fsp3) is 0.357. The molecule has 1 aliphatic rings. The minimum atomic E-state index is 0.0229. The largest absolute Gasteiger partial charge is 0.493 e. The van der Waals surface area contributed by atoms with E-state index in [1.807, 2.05) is 19.1 Å². The lowest BCUT2D eigenvalue weighted by Crippen LogP contribution is -2.23. The van der Waals surface area contributed by atoms with Crippen LogP contribution in [0.3, 0.4) is 0 Å². The second kappa shape index (κ2) is 5.65. The first-order valence-corrected chi connectivity index (χ1v) is 6.77. The molecule has 0 fully saturated rings. The van der Waals surface area contributed by atoms with Crippen LogP contribution >= 0.6 is 15.9 Å². The van der Waals surface area contributed by atoms with Crippen molar-refractivity contribution in [1.82, 2.24) is 4.90 Å². The maximum absolute atomic E-state index is 12.3. The standard InChI is InChI=1S/C14H16BrNO3/c1-4-5-6-16-8-10-9(14(16)17)7-11(18-2)13(19-3)12(10)15/h4-5,7H,6,8H2,1-3H3. The molecule has 0 radical (unpaired) electrons. The second-order valence-corrected chi connectivity index (χ2v) is 5.00. The first-order chi connectivity index (χ1) is 9.13. The van der Waals surface area contributed by atoms with Gasteiger partial charge in [0.25, 0.3) is 5.91 Å². The van der Waals surface area contributed by atoms with Crippen LogP contribution in [0, 0.1) is 0 Å². The SMILES string of the molecule is CC=CCN1Cc2c(cc(OC)c(OC)c2Br)C1=O. The Morgan fingerprint density at radius 3 is 2.74 bits per heavy atom. The molecule has 0 spiro atoms. The van der Waals surface area contributed by atoms with E-state index < -0.39 is 0 Å². The molecule has 1 aromatic carbocycles. The van der Waals surface area contributed by atoms with Crippen molar-refractivity contribution in [2.45, 2.75) is 13.5 Å². The van der Waals surface area contributed by atoms with Crippen molar-refractivity contribution < 1.29 is 14.3 Å². The number of nitrogens with zero attached hydrogens (tertiary/aromatic N) is 1. The first kappa shape index (κ1) is 13.9. The Kier molecular flexibility index (Phi) is 4.14. The van der Waals surface area contributed by atoms with Gasteiger partial charge in [0.2, 0.25) is 0 Å². The third kappa shape index (κ3) is 2.34. The monoisotopic (exact) mass is 325 g/mol. The van der Waals surface area contributed by atoms with Crippen molar-refractivity contribution in [1.29, 1.82) is 0 Å². The number of hydrogen-bond acceptors (Lipinski definition) is 3. The Morgan fingerprint density at radius 1 is 1.42 bits per heavy atom. The summed E-state index contributed by atoms with van der Waals surface area (Å²) in [5, 5.41) is 0. The highest BCUT2D eigenvalue weighted by Crippen LogP contribution is 2.42. The van der Waals surface area contributed by atoms with Gasteiger partial charge in [-0.1, -0.05) is 12.2 Å². The molecule has 5 heteroatoms. The summed E-state index contributed by atoms with van der Waals surface area (Å²) in [6, 6.07) is 1.75. The smallest absolute Gasteiger partial charge is 0.254 e. The number of halogens is 1. The summed E-state index contributed by atoms with van der Waals surface area (Å²) in [6.07, 6.45) is 3.90. The van der Waals surface area contributed by atoms with Crippen LogP contribution in [-0.4, -0.2) is 31.6 Å². The summed E-state index contributed by atoms with van der Waals surface area (Å²) in [7, 11) is 3.15.